The highest BCUT2D eigenvalue weighted by atomic mass is 32.2. The molecule has 1 aliphatic heterocycles. The first-order chi connectivity index (χ1) is 13.1. The van der Waals surface area contributed by atoms with Crippen molar-refractivity contribution < 1.29 is 14.3 Å². The number of carbonyl (C=O) groups excluding carboxylic acids is 1. The lowest BCUT2D eigenvalue weighted by Gasteiger charge is -2.16. The van der Waals surface area contributed by atoms with Gasteiger partial charge in [-0.25, -0.2) is 0 Å². The second kappa shape index (κ2) is 8.86. The topological polar surface area (TPSA) is 59.6 Å². The molecule has 5 nitrogen and oxygen atoms in total. The summed E-state index contributed by atoms with van der Waals surface area (Å²) in [4.78, 5) is 13.0. The predicted molar refractivity (Wildman–Crippen MR) is 111 cm³/mol. The minimum atomic E-state index is -0.244. The summed E-state index contributed by atoms with van der Waals surface area (Å²) in [6.45, 7) is 4.80. The van der Waals surface area contributed by atoms with Crippen molar-refractivity contribution in [2.24, 2.45) is 0 Å². The molecule has 3 rings (SSSR count). The van der Waals surface area contributed by atoms with Gasteiger partial charge in [-0.15, -0.1) is 0 Å². The van der Waals surface area contributed by atoms with Crippen LogP contribution in [-0.2, 0) is 4.79 Å². The number of methoxy groups -OCH3 is 1. The van der Waals surface area contributed by atoms with E-state index in [1.165, 1.54) is 11.8 Å². The van der Waals surface area contributed by atoms with Crippen molar-refractivity contribution in [3.05, 3.63) is 58.5 Å². The van der Waals surface area contributed by atoms with Crippen LogP contribution in [0.25, 0.3) is 6.08 Å². The maximum absolute atomic E-state index is 12.3. The van der Waals surface area contributed by atoms with Crippen LogP contribution in [0.15, 0.2) is 47.4 Å². The number of carbonyl (C=O) groups is 1. The van der Waals surface area contributed by atoms with Gasteiger partial charge in [-0.05, 0) is 54.8 Å². The van der Waals surface area contributed by atoms with Gasteiger partial charge in [0.15, 0.2) is 5.50 Å². The highest BCUT2D eigenvalue weighted by molar-refractivity contribution is 8.05. The number of rotatable bonds is 7. The first-order valence-corrected chi connectivity index (χ1v) is 9.80. The van der Waals surface area contributed by atoms with E-state index in [0.29, 0.717) is 11.5 Å². The molecule has 0 aliphatic carbocycles. The number of ether oxygens (including phenoxy) is 2. The molecule has 2 aromatic carbocycles. The summed E-state index contributed by atoms with van der Waals surface area (Å²) in [5, 5.41) is 6.27. The molecule has 0 aromatic heterocycles. The Labute approximate surface area is 164 Å². The monoisotopic (exact) mass is 384 g/mol. The van der Waals surface area contributed by atoms with Crippen LogP contribution in [0.3, 0.4) is 0 Å². The maximum atomic E-state index is 12.3. The van der Waals surface area contributed by atoms with Crippen molar-refractivity contribution >= 4 is 29.4 Å². The van der Waals surface area contributed by atoms with Gasteiger partial charge in [0.2, 0.25) is 0 Å². The van der Waals surface area contributed by atoms with Gasteiger partial charge in [-0.1, -0.05) is 36.9 Å². The molecular formula is C21H24N2O3S. The fraction of sp³-hybridized carbons (Fsp3) is 0.286. The third-order valence-electron chi connectivity index (χ3n) is 4.02. The number of amides is 1. The predicted octanol–water partition coefficient (Wildman–Crippen LogP) is 4.39. The zero-order valence-electron chi connectivity index (χ0n) is 15.7. The fourth-order valence-corrected chi connectivity index (χ4v) is 3.65. The Bertz CT molecular complexity index is 834. The molecule has 1 amide bonds. The Hall–Kier alpha value is -2.60. The van der Waals surface area contributed by atoms with Gasteiger partial charge in [0.25, 0.3) is 5.91 Å². The van der Waals surface area contributed by atoms with Gasteiger partial charge in [-0.3, -0.25) is 4.79 Å². The lowest BCUT2D eigenvalue weighted by Crippen LogP contribution is -2.31. The van der Waals surface area contributed by atoms with Crippen LogP contribution in [0.4, 0.5) is 5.69 Å². The second-order valence-corrected chi connectivity index (χ2v) is 7.39. The van der Waals surface area contributed by atoms with Crippen LogP contribution in [0, 0.1) is 6.92 Å². The standard InChI is InChI=1S/C21H24N2O3S/c1-4-11-26-16-8-6-15(7-9-16)13-19-20(24)23-21(27-19)22-17-12-14(2)5-10-18(17)25-3/h5-10,12-13,21-22H,4,11H2,1-3H3,(H,23,24)/b19-13-. The van der Waals surface area contributed by atoms with Gasteiger partial charge >= 0.3 is 0 Å². The van der Waals surface area contributed by atoms with Crippen LogP contribution in [0.2, 0.25) is 0 Å². The van der Waals surface area contributed by atoms with Gasteiger partial charge in [0.05, 0.1) is 24.3 Å². The van der Waals surface area contributed by atoms with Crippen molar-refractivity contribution in [1.82, 2.24) is 5.32 Å². The molecule has 1 heterocycles. The van der Waals surface area contributed by atoms with E-state index in [1.54, 1.807) is 7.11 Å². The molecular weight excluding hydrogens is 360 g/mol. The fourth-order valence-electron chi connectivity index (χ4n) is 2.67. The van der Waals surface area contributed by atoms with E-state index in [4.69, 9.17) is 9.47 Å². The summed E-state index contributed by atoms with van der Waals surface area (Å²) in [7, 11) is 1.63. The summed E-state index contributed by atoms with van der Waals surface area (Å²) in [6, 6.07) is 13.7. The minimum absolute atomic E-state index is 0.0876. The van der Waals surface area contributed by atoms with Crippen molar-refractivity contribution in [2.45, 2.75) is 25.8 Å². The van der Waals surface area contributed by atoms with E-state index in [9.17, 15) is 4.79 Å². The lowest BCUT2D eigenvalue weighted by molar-refractivity contribution is -0.116. The zero-order chi connectivity index (χ0) is 19.2. The quantitative estimate of drug-likeness (QED) is 0.693. The number of hydrogen-bond donors (Lipinski definition) is 2. The number of nitrogens with one attached hydrogen (secondary N) is 2. The highest BCUT2D eigenvalue weighted by Gasteiger charge is 2.27. The first kappa shape index (κ1) is 19.2. The van der Waals surface area contributed by atoms with E-state index >= 15 is 0 Å². The largest absolute Gasteiger partial charge is 0.495 e. The SMILES string of the molecule is CCCOc1ccc(/C=C2\SC(Nc3cc(C)ccc3OC)NC2=O)cc1. The summed E-state index contributed by atoms with van der Waals surface area (Å²) in [5.41, 5.74) is 2.69. The molecule has 0 bridgehead atoms. The van der Waals surface area contributed by atoms with Gasteiger partial charge < -0.3 is 20.1 Å². The Morgan fingerprint density at radius 1 is 1.22 bits per heavy atom. The molecule has 1 fully saturated rings. The zero-order valence-corrected chi connectivity index (χ0v) is 16.6. The summed E-state index contributed by atoms with van der Waals surface area (Å²) >= 11 is 1.45. The normalized spacial score (nSPS) is 17.7. The number of anilines is 1. The van der Waals surface area contributed by atoms with Crippen LogP contribution in [-0.4, -0.2) is 25.1 Å². The molecule has 1 atom stereocenters. The number of aryl methyl sites for hydroxylation is 1. The molecule has 0 spiro atoms. The molecule has 1 saturated heterocycles. The average Bonchev–Trinajstić information content (AvgIpc) is 3.00. The Morgan fingerprint density at radius 3 is 2.70 bits per heavy atom. The molecule has 2 aromatic rings. The number of hydrogen-bond acceptors (Lipinski definition) is 5. The summed E-state index contributed by atoms with van der Waals surface area (Å²) < 4.78 is 11.0. The van der Waals surface area contributed by atoms with Crippen molar-refractivity contribution in [3.63, 3.8) is 0 Å². The van der Waals surface area contributed by atoms with E-state index < -0.39 is 0 Å². The van der Waals surface area contributed by atoms with Gasteiger partial charge in [0.1, 0.15) is 11.5 Å². The summed E-state index contributed by atoms with van der Waals surface area (Å²) in [6.07, 6.45) is 2.86. The van der Waals surface area contributed by atoms with E-state index in [0.717, 1.165) is 34.7 Å². The Balaban J connectivity index is 1.68. The molecule has 2 N–H and O–H groups in total. The smallest absolute Gasteiger partial charge is 0.260 e. The highest BCUT2D eigenvalue weighted by Crippen LogP contribution is 2.33. The first-order valence-electron chi connectivity index (χ1n) is 8.92. The second-order valence-electron chi connectivity index (χ2n) is 6.25. The van der Waals surface area contributed by atoms with Crippen LogP contribution in [0.5, 0.6) is 11.5 Å². The van der Waals surface area contributed by atoms with Crippen LogP contribution in [0.1, 0.15) is 24.5 Å². The Kier molecular flexibility index (Phi) is 6.29. The lowest BCUT2D eigenvalue weighted by atomic mass is 10.2. The van der Waals surface area contributed by atoms with E-state index in [2.05, 4.69) is 17.6 Å². The van der Waals surface area contributed by atoms with Gasteiger partial charge in [-0.2, -0.15) is 0 Å². The molecule has 142 valence electrons. The average molecular weight is 385 g/mol. The molecule has 1 unspecified atom stereocenters. The molecule has 6 heteroatoms. The van der Waals surface area contributed by atoms with Crippen LogP contribution < -0.4 is 20.1 Å². The third kappa shape index (κ3) is 4.98. The molecule has 0 saturated carbocycles. The van der Waals surface area contributed by atoms with Crippen molar-refractivity contribution in [3.8, 4) is 11.5 Å². The molecule has 27 heavy (non-hydrogen) atoms. The molecule has 1 aliphatic rings. The minimum Gasteiger partial charge on any atom is -0.495 e. The maximum Gasteiger partial charge on any atom is 0.260 e. The van der Waals surface area contributed by atoms with E-state index in [-0.39, 0.29) is 11.4 Å². The van der Waals surface area contributed by atoms with Crippen molar-refractivity contribution in [2.75, 3.05) is 19.0 Å². The number of benzene rings is 2. The van der Waals surface area contributed by atoms with E-state index in [1.807, 2.05) is 55.5 Å². The summed E-state index contributed by atoms with van der Waals surface area (Å²) in [5.74, 6) is 1.50. The Morgan fingerprint density at radius 2 is 2.00 bits per heavy atom. The number of thioether (sulfide) groups is 1. The van der Waals surface area contributed by atoms with Crippen LogP contribution >= 0.6 is 11.8 Å². The third-order valence-corrected chi connectivity index (χ3v) is 5.05. The van der Waals surface area contributed by atoms with Gasteiger partial charge in [0, 0.05) is 0 Å². The molecule has 0 radical (unpaired) electrons. The van der Waals surface area contributed by atoms with Crippen molar-refractivity contribution in [1.29, 1.82) is 0 Å².